The molecule has 1 N–H and O–H groups in total. The van der Waals surface area contributed by atoms with Crippen LogP contribution in [0.2, 0.25) is 5.02 Å². The van der Waals surface area contributed by atoms with Gasteiger partial charge in [-0.3, -0.25) is 5.10 Å². The number of benzene rings is 1. The summed E-state index contributed by atoms with van der Waals surface area (Å²) in [4.78, 5) is 1.56. The number of hydrogen-bond donors (Lipinski definition) is 1. The van der Waals surface area contributed by atoms with Gasteiger partial charge in [0.2, 0.25) is 0 Å². The average molecular weight is 258 g/mol. The van der Waals surface area contributed by atoms with Gasteiger partial charge >= 0.3 is 0 Å². The van der Waals surface area contributed by atoms with E-state index in [9.17, 15) is 8.78 Å². The van der Waals surface area contributed by atoms with E-state index in [1.807, 2.05) is 6.07 Å². The Morgan fingerprint density at radius 2 is 2.29 bits per heavy atom. The van der Waals surface area contributed by atoms with Gasteiger partial charge in [0, 0.05) is 0 Å². The maximum absolute atomic E-state index is 13.2. The van der Waals surface area contributed by atoms with Crippen molar-refractivity contribution >= 4 is 28.3 Å². The van der Waals surface area contributed by atoms with E-state index in [1.54, 1.807) is 17.0 Å². The number of nitrogens with zero attached hydrogens (tertiary/aromatic N) is 2. The molecule has 0 radical (unpaired) electrons. The van der Waals surface area contributed by atoms with Gasteiger partial charge in [-0.25, -0.2) is 8.78 Å². The number of H-pyrrole nitrogens is 1. The molecular weight excluding hydrogens is 248 g/mol. The Balaban J connectivity index is 2.08. The lowest BCUT2D eigenvalue weighted by molar-refractivity contribution is -0.0641. The molecule has 2 aromatic rings. The van der Waals surface area contributed by atoms with Gasteiger partial charge in [-0.1, -0.05) is 17.7 Å². The van der Waals surface area contributed by atoms with Crippen LogP contribution >= 0.6 is 11.6 Å². The topological polar surface area (TPSA) is 31.9 Å². The Bertz CT molecular complexity index is 581. The highest BCUT2D eigenvalue weighted by Gasteiger charge is 2.53. The number of halogens is 3. The molecule has 1 aromatic carbocycles. The van der Waals surface area contributed by atoms with Gasteiger partial charge in [0.05, 0.1) is 28.5 Å². The molecule has 3 nitrogen and oxygen atoms in total. The molecule has 1 aliphatic heterocycles. The third-order valence-electron chi connectivity index (χ3n) is 3.25. The van der Waals surface area contributed by atoms with E-state index in [-0.39, 0.29) is 6.54 Å². The molecule has 0 aliphatic carbocycles. The molecule has 1 fully saturated rings. The molecule has 0 spiro atoms. The van der Waals surface area contributed by atoms with Crippen molar-refractivity contribution in [2.75, 3.05) is 11.4 Å². The molecule has 3 rings (SSSR count). The number of aromatic amines is 1. The van der Waals surface area contributed by atoms with Crippen LogP contribution in [0, 0.1) is 0 Å². The van der Waals surface area contributed by atoms with Crippen molar-refractivity contribution in [2.24, 2.45) is 0 Å². The Labute approximate surface area is 101 Å². The zero-order valence-electron chi connectivity index (χ0n) is 9.04. The summed E-state index contributed by atoms with van der Waals surface area (Å²) in [7, 11) is 0. The van der Waals surface area contributed by atoms with Gasteiger partial charge < -0.3 is 4.90 Å². The maximum atomic E-state index is 13.2. The lowest BCUT2D eigenvalue weighted by atomic mass is 9.99. The quantitative estimate of drug-likeness (QED) is 0.851. The standard InChI is InChI=1S/C11H10ClF2N3/c1-6-11(13,14)5-17(6)10-9-7(12)3-2-4-8(9)15-16-10/h2-4,6H,5H2,1H3,(H,15,16). The molecule has 0 bridgehead atoms. The highest BCUT2D eigenvalue weighted by Crippen LogP contribution is 2.41. The van der Waals surface area contributed by atoms with Gasteiger partial charge in [0.15, 0.2) is 5.82 Å². The van der Waals surface area contributed by atoms with Gasteiger partial charge in [0.1, 0.15) is 0 Å². The van der Waals surface area contributed by atoms with Crippen LogP contribution in [-0.4, -0.2) is 28.7 Å². The molecule has 0 amide bonds. The van der Waals surface area contributed by atoms with Gasteiger partial charge in [-0.15, -0.1) is 0 Å². The minimum atomic E-state index is -2.65. The number of alkyl halides is 2. The minimum Gasteiger partial charge on any atom is -0.340 e. The first-order chi connectivity index (χ1) is 8.00. The van der Waals surface area contributed by atoms with E-state index in [0.29, 0.717) is 16.2 Å². The van der Waals surface area contributed by atoms with E-state index in [1.165, 1.54) is 6.92 Å². The number of nitrogens with one attached hydrogen (secondary N) is 1. The SMILES string of the molecule is CC1N(c2n[nH]c3cccc(Cl)c23)CC1(F)F. The van der Waals surface area contributed by atoms with Crippen molar-refractivity contribution in [3.63, 3.8) is 0 Å². The molecular formula is C11H10ClF2N3. The van der Waals surface area contributed by atoms with Crippen molar-refractivity contribution in [1.29, 1.82) is 0 Å². The largest absolute Gasteiger partial charge is 0.340 e. The third kappa shape index (κ3) is 1.42. The molecule has 6 heteroatoms. The monoisotopic (exact) mass is 257 g/mol. The second-order valence-corrected chi connectivity index (χ2v) is 4.68. The summed E-state index contributed by atoms with van der Waals surface area (Å²) in [5, 5.41) is 8.11. The van der Waals surface area contributed by atoms with Crippen molar-refractivity contribution in [3.8, 4) is 0 Å². The number of rotatable bonds is 1. The van der Waals surface area contributed by atoms with Gasteiger partial charge in [-0.2, -0.15) is 5.10 Å². The lowest BCUT2D eigenvalue weighted by Crippen LogP contribution is -2.64. The number of anilines is 1. The zero-order chi connectivity index (χ0) is 12.2. The summed E-state index contributed by atoms with van der Waals surface area (Å²) in [6.07, 6.45) is 0. The average Bonchev–Trinajstić information content (AvgIpc) is 2.71. The molecule has 1 aromatic heterocycles. The van der Waals surface area contributed by atoms with Crippen molar-refractivity contribution in [1.82, 2.24) is 10.2 Å². The van der Waals surface area contributed by atoms with Gasteiger partial charge in [-0.05, 0) is 19.1 Å². The summed E-state index contributed by atoms with van der Waals surface area (Å²) >= 11 is 6.07. The fraction of sp³-hybridized carbons (Fsp3) is 0.364. The molecule has 1 unspecified atom stereocenters. The predicted octanol–water partition coefficient (Wildman–Crippen LogP) is 3.06. The number of fused-ring (bicyclic) bond motifs is 1. The Morgan fingerprint density at radius 3 is 2.94 bits per heavy atom. The third-order valence-corrected chi connectivity index (χ3v) is 3.57. The summed E-state index contributed by atoms with van der Waals surface area (Å²) < 4.78 is 26.3. The van der Waals surface area contributed by atoms with Crippen LogP contribution in [-0.2, 0) is 0 Å². The molecule has 1 aliphatic rings. The van der Waals surface area contributed by atoms with E-state index in [4.69, 9.17) is 11.6 Å². The van der Waals surface area contributed by atoms with Gasteiger partial charge in [0.25, 0.3) is 5.92 Å². The van der Waals surface area contributed by atoms with Crippen LogP contribution in [0.15, 0.2) is 18.2 Å². The Morgan fingerprint density at radius 1 is 1.53 bits per heavy atom. The maximum Gasteiger partial charge on any atom is 0.284 e. The van der Waals surface area contributed by atoms with E-state index in [0.717, 1.165) is 5.52 Å². The Hall–Kier alpha value is -1.36. The zero-order valence-corrected chi connectivity index (χ0v) is 9.80. The second-order valence-electron chi connectivity index (χ2n) is 4.27. The van der Waals surface area contributed by atoms with Crippen molar-refractivity contribution in [3.05, 3.63) is 23.2 Å². The fourth-order valence-electron chi connectivity index (χ4n) is 2.09. The number of aromatic nitrogens is 2. The lowest BCUT2D eigenvalue weighted by Gasteiger charge is -2.46. The van der Waals surface area contributed by atoms with E-state index >= 15 is 0 Å². The van der Waals surface area contributed by atoms with E-state index in [2.05, 4.69) is 10.2 Å². The summed E-state index contributed by atoms with van der Waals surface area (Å²) in [6.45, 7) is 1.18. The first-order valence-electron chi connectivity index (χ1n) is 5.28. The second kappa shape index (κ2) is 3.32. The molecule has 17 heavy (non-hydrogen) atoms. The van der Waals surface area contributed by atoms with Crippen LogP contribution in [0.3, 0.4) is 0 Å². The number of hydrogen-bond acceptors (Lipinski definition) is 2. The van der Waals surface area contributed by atoms with Crippen LogP contribution in [0.4, 0.5) is 14.6 Å². The highest BCUT2D eigenvalue weighted by atomic mass is 35.5. The van der Waals surface area contributed by atoms with E-state index < -0.39 is 12.0 Å². The summed E-state index contributed by atoms with van der Waals surface area (Å²) in [6, 6.07) is 4.50. The predicted molar refractivity (Wildman–Crippen MR) is 62.9 cm³/mol. The first-order valence-corrected chi connectivity index (χ1v) is 5.65. The van der Waals surface area contributed by atoms with Crippen LogP contribution in [0.25, 0.3) is 10.9 Å². The molecule has 1 atom stereocenters. The molecule has 1 saturated heterocycles. The summed E-state index contributed by atoms with van der Waals surface area (Å²) in [5.41, 5.74) is 0.759. The highest BCUT2D eigenvalue weighted by molar-refractivity contribution is 6.36. The fourth-order valence-corrected chi connectivity index (χ4v) is 2.35. The smallest absolute Gasteiger partial charge is 0.284 e. The van der Waals surface area contributed by atoms with Crippen LogP contribution in [0.1, 0.15) is 6.92 Å². The first kappa shape index (κ1) is 10.8. The molecule has 2 heterocycles. The van der Waals surface area contributed by atoms with Crippen molar-refractivity contribution < 1.29 is 8.78 Å². The molecule has 0 saturated carbocycles. The summed E-state index contributed by atoms with van der Waals surface area (Å²) in [5.74, 6) is -2.14. The van der Waals surface area contributed by atoms with Crippen LogP contribution < -0.4 is 4.90 Å². The minimum absolute atomic E-state index is 0.306. The molecule has 90 valence electrons. The van der Waals surface area contributed by atoms with Crippen LogP contribution in [0.5, 0.6) is 0 Å². The normalized spacial score (nSPS) is 22.8. The Kier molecular flexibility index (Phi) is 2.10. The van der Waals surface area contributed by atoms with Crippen molar-refractivity contribution in [2.45, 2.75) is 18.9 Å².